The van der Waals surface area contributed by atoms with Crippen LogP contribution < -0.4 is 9.47 Å². The molecule has 0 amide bonds. The number of hydrogen-bond donors (Lipinski definition) is 0. The molecular formula is C18H21NO8. The van der Waals surface area contributed by atoms with Gasteiger partial charge in [0.15, 0.2) is 11.5 Å². The SMILES string of the molecule is C=C(C)C(=O)OCCOc1cc([N+](=O)[O-])c(COC(=O)C(=C)C)cc1OC. The number of nitrogens with zero attached hydrogens (tertiary/aromatic N) is 1. The second-order valence-electron chi connectivity index (χ2n) is 5.51. The summed E-state index contributed by atoms with van der Waals surface area (Å²) in [6, 6.07) is 2.50. The largest absolute Gasteiger partial charge is 0.493 e. The standard InChI is InChI=1S/C18H21NO8/c1-11(2)17(20)26-7-6-25-16-9-14(19(22)23)13(8-15(16)24-5)10-27-18(21)12(3)4/h8-9H,1,3,6-7,10H2,2,4-5H3. The van der Waals surface area contributed by atoms with Gasteiger partial charge in [-0.05, 0) is 19.9 Å². The minimum Gasteiger partial charge on any atom is -0.493 e. The third kappa shape index (κ3) is 6.46. The van der Waals surface area contributed by atoms with E-state index >= 15 is 0 Å². The molecule has 0 aliphatic carbocycles. The van der Waals surface area contributed by atoms with Crippen molar-refractivity contribution in [1.29, 1.82) is 0 Å². The Morgan fingerprint density at radius 1 is 1.04 bits per heavy atom. The fourth-order valence-corrected chi connectivity index (χ4v) is 1.82. The molecular weight excluding hydrogens is 358 g/mol. The molecule has 0 atom stereocenters. The molecule has 0 unspecified atom stereocenters. The monoisotopic (exact) mass is 379 g/mol. The van der Waals surface area contributed by atoms with Crippen LogP contribution in [0.25, 0.3) is 0 Å². The maximum Gasteiger partial charge on any atom is 0.333 e. The van der Waals surface area contributed by atoms with Crippen LogP contribution in [0.5, 0.6) is 11.5 Å². The van der Waals surface area contributed by atoms with Gasteiger partial charge in [-0.3, -0.25) is 10.1 Å². The third-order valence-electron chi connectivity index (χ3n) is 3.19. The van der Waals surface area contributed by atoms with Crippen LogP contribution >= 0.6 is 0 Å². The van der Waals surface area contributed by atoms with Gasteiger partial charge in [-0.1, -0.05) is 13.2 Å². The Kier molecular flexibility index (Phi) is 7.99. The van der Waals surface area contributed by atoms with Gasteiger partial charge in [-0.15, -0.1) is 0 Å². The highest BCUT2D eigenvalue weighted by atomic mass is 16.6. The Bertz CT molecular complexity index is 769. The van der Waals surface area contributed by atoms with Crippen LogP contribution in [0, 0.1) is 10.1 Å². The van der Waals surface area contributed by atoms with E-state index in [-0.39, 0.29) is 53.7 Å². The molecule has 146 valence electrons. The van der Waals surface area contributed by atoms with Crippen molar-refractivity contribution in [2.24, 2.45) is 0 Å². The van der Waals surface area contributed by atoms with E-state index in [4.69, 9.17) is 18.9 Å². The molecule has 0 aromatic heterocycles. The number of esters is 2. The zero-order valence-corrected chi connectivity index (χ0v) is 15.4. The third-order valence-corrected chi connectivity index (χ3v) is 3.19. The molecule has 1 aromatic rings. The summed E-state index contributed by atoms with van der Waals surface area (Å²) < 4.78 is 20.4. The number of ether oxygens (including phenoxy) is 4. The second-order valence-corrected chi connectivity index (χ2v) is 5.51. The van der Waals surface area contributed by atoms with Gasteiger partial charge in [-0.25, -0.2) is 9.59 Å². The number of rotatable bonds is 10. The highest BCUT2D eigenvalue weighted by Crippen LogP contribution is 2.35. The molecule has 1 rings (SSSR count). The van der Waals surface area contributed by atoms with E-state index in [1.54, 1.807) is 0 Å². The number of benzene rings is 1. The van der Waals surface area contributed by atoms with Crippen molar-refractivity contribution >= 4 is 17.6 Å². The molecule has 0 radical (unpaired) electrons. The first-order valence-electron chi connectivity index (χ1n) is 7.80. The number of carbonyl (C=O) groups is 2. The smallest absolute Gasteiger partial charge is 0.333 e. The Morgan fingerprint density at radius 2 is 1.63 bits per heavy atom. The first-order valence-corrected chi connectivity index (χ1v) is 7.80. The van der Waals surface area contributed by atoms with Crippen LogP contribution in [-0.4, -0.2) is 37.2 Å². The summed E-state index contributed by atoms with van der Waals surface area (Å²) >= 11 is 0. The van der Waals surface area contributed by atoms with Gasteiger partial charge in [0.05, 0.1) is 23.7 Å². The molecule has 0 bridgehead atoms. The molecule has 0 saturated carbocycles. The number of carbonyl (C=O) groups excluding carboxylic acids is 2. The quantitative estimate of drug-likeness (QED) is 0.200. The Balaban J connectivity index is 2.93. The van der Waals surface area contributed by atoms with E-state index in [0.29, 0.717) is 0 Å². The normalized spacial score (nSPS) is 9.89. The van der Waals surface area contributed by atoms with Crippen LogP contribution in [0.3, 0.4) is 0 Å². The molecule has 9 nitrogen and oxygen atoms in total. The van der Waals surface area contributed by atoms with E-state index in [2.05, 4.69) is 13.2 Å². The summed E-state index contributed by atoms with van der Waals surface area (Å²) in [5.74, 6) is -0.937. The number of methoxy groups -OCH3 is 1. The molecule has 0 N–H and O–H groups in total. The van der Waals surface area contributed by atoms with Crippen molar-refractivity contribution < 1.29 is 33.5 Å². The lowest BCUT2D eigenvalue weighted by molar-refractivity contribution is -0.385. The van der Waals surface area contributed by atoms with Gasteiger partial charge < -0.3 is 18.9 Å². The van der Waals surface area contributed by atoms with E-state index in [0.717, 1.165) is 6.07 Å². The van der Waals surface area contributed by atoms with Crippen LogP contribution in [-0.2, 0) is 25.7 Å². The molecule has 1 aromatic carbocycles. The second kappa shape index (κ2) is 9.95. The lowest BCUT2D eigenvalue weighted by atomic mass is 10.1. The van der Waals surface area contributed by atoms with Gasteiger partial charge in [0.25, 0.3) is 5.69 Å². The van der Waals surface area contributed by atoms with E-state index in [9.17, 15) is 19.7 Å². The molecule has 9 heteroatoms. The summed E-state index contributed by atoms with van der Waals surface area (Å²) in [6.45, 7) is 9.43. The van der Waals surface area contributed by atoms with Crippen molar-refractivity contribution in [3.05, 3.63) is 52.1 Å². The highest BCUT2D eigenvalue weighted by Gasteiger charge is 2.21. The summed E-state index contributed by atoms with van der Waals surface area (Å²) in [6.07, 6.45) is 0. The summed E-state index contributed by atoms with van der Waals surface area (Å²) in [7, 11) is 1.36. The first kappa shape index (κ1) is 21.7. The predicted molar refractivity (Wildman–Crippen MR) is 95.5 cm³/mol. The summed E-state index contributed by atoms with van der Waals surface area (Å²) in [4.78, 5) is 33.5. The van der Waals surface area contributed by atoms with Crippen molar-refractivity contribution in [2.45, 2.75) is 20.5 Å². The topological polar surface area (TPSA) is 114 Å². The lowest BCUT2D eigenvalue weighted by Gasteiger charge is -2.13. The van der Waals surface area contributed by atoms with Gasteiger partial charge >= 0.3 is 11.9 Å². The molecule has 27 heavy (non-hydrogen) atoms. The Hall–Kier alpha value is -3.36. The summed E-state index contributed by atoms with van der Waals surface area (Å²) in [5.41, 5.74) is 0.248. The predicted octanol–water partition coefficient (Wildman–Crippen LogP) is 2.72. The molecule has 0 fully saturated rings. The van der Waals surface area contributed by atoms with Gasteiger partial charge in [0.2, 0.25) is 0 Å². The number of nitro benzene ring substituents is 1. The number of hydrogen-bond acceptors (Lipinski definition) is 8. The molecule has 0 saturated heterocycles. The maximum atomic E-state index is 11.5. The zero-order valence-electron chi connectivity index (χ0n) is 15.4. The molecule has 0 aliphatic heterocycles. The van der Waals surface area contributed by atoms with Gasteiger partial charge in [-0.2, -0.15) is 0 Å². The van der Waals surface area contributed by atoms with Crippen molar-refractivity contribution in [2.75, 3.05) is 20.3 Å². The van der Waals surface area contributed by atoms with E-state index in [1.807, 2.05) is 0 Å². The average molecular weight is 379 g/mol. The minimum atomic E-state index is -0.664. The van der Waals surface area contributed by atoms with Crippen LogP contribution in [0.15, 0.2) is 36.4 Å². The molecule has 0 aliphatic rings. The van der Waals surface area contributed by atoms with Crippen LogP contribution in [0.4, 0.5) is 5.69 Å². The average Bonchev–Trinajstić information content (AvgIpc) is 2.62. The van der Waals surface area contributed by atoms with Gasteiger partial charge in [0.1, 0.15) is 19.8 Å². The van der Waals surface area contributed by atoms with Gasteiger partial charge in [0, 0.05) is 11.1 Å². The van der Waals surface area contributed by atoms with Crippen LogP contribution in [0.1, 0.15) is 19.4 Å². The lowest BCUT2D eigenvalue weighted by Crippen LogP contribution is -2.13. The van der Waals surface area contributed by atoms with Crippen LogP contribution in [0.2, 0.25) is 0 Å². The first-order chi connectivity index (χ1) is 12.7. The zero-order chi connectivity index (χ0) is 20.6. The Morgan fingerprint density at radius 3 is 2.15 bits per heavy atom. The maximum absolute atomic E-state index is 11.5. The number of nitro groups is 1. The van der Waals surface area contributed by atoms with Crippen molar-refractivity contribution in [3.63, 3.8) is 0 Å². The molecule has 0 spiro atoms. The van der Waals surface area contributed by atoms with E-state index in [1.165, 1.54) is 27.0 Å². The molecule has 0 heterocycles. The summed E-state index contributed by atoms with van der Waals surface area (Å²) in [5, 5.41) is 11.3. The van der Waals surface area contributed by atoms with Crippen molar-refractivity contribution in [1.82, 2.24) is 0 Å². The Labute approximate surface area is 156 Å². The highest BCUT2D eigenvalue weighted by molar-refractivity contribution is 5.87. The van der Waals surface area contributed by atoms with E-state index < -0.39 is 16.9 Å². The minimum absolute atomic E-state index is 0.0451. The van der Waals surface area contributed by atoms with Crippen molar-refractivity contribution in [3.8, 4) is 11.5 Å². The fraction of sp³-hybridized carbons (Fsp3) is 0.333. The fourth-order valence-electron chi connectivity index (χ4n) is 1.82.